The van der Waals surface area contributed by atoms with Gasteiger partial charge in [0.1, 0.15) is 13.2 Å². The molecule has 1 amide bonds. The lowest BCUT2D eigenvalue weighted by molar-refractivity contribution is -0.133. The summed E-state index contributed by atoms with van der Waals surface area (Å²) in [6.07, 6.45) is 4.19. The first kappa shape index (κ1) is 20.9. The lowest BCUT2D eigenvalue weighted by Crippen LogP contribution is -2.43. The molecule has 7 heteroatoms. The third-order valence-electron chi connectivity index (χ3n) is 7.13. The fourth-order valence-corrected chi connectivity index (χ4v) is 6.50. The normalized spacial score (nSPS) is 21.6. The summed E-state index contributed by atoms with van der Waals surface area (Å²) in [4.78, 5) is 22.5. The number of likely N-dealkylation sites (tertiary alicyclic amines) is 2. The highest BCUT2D eigenvalue weighted by Crippen LogP contribution is 2.38. The first-order valence-electron chi connectivity index (χ1n) is 12.0. The lowest BCUT2D eigenvalue weighted by atomic mass is 9.97. The third-order valence-corrected chi connectivity index (χ3v) is 8.33. The van der Waals surface area contributed by atoms with Gasteiger partial charge in [0, 0.05) is 12.5 Å². The smallest absolute Gasteiger partial charge is 0.237 e. The quantitative estimate of drug-likeness (QED) is 0.566. The predicted molar refractivity (Wildman–Crippen MR) is 129 cm³/mol. The zero-order valence-electron chi connectivity index (χ0n) is 18.7. The second-order valence-electron chi connectivity index (χ2n) is 9.22. The van der Waals surface area contributed by atoms with Gasteiger partial charge in [0.05, 0.1) is 27.8 Å². The van der Waals surface area contributed by atoms with Crippen LogP contribution in [0.5, 0.6) is 11.5 Å². The molecule has 1 atom stereocenters. The van der Waals surface area contributed by atoms with E-state index in [0.717, 1.165) is 67.9 Å². The molecule has 2 fully saturated rings. The Morgan fingerprint density at radius 3 is 2.67 bits per heavy atom. The van der Waals surface area contributed by atoms with E-state index in [-0.39, 0.29) is 11.9 Å². The van der Waals surface area contributed by atoms with Gasteiger partial charge in [-0.2, -0.15) is 0 Å². The van der Waals surface area contributed by atoms with E-state index in [1.54, 1.807) is 0 Å². The molecular formula is C26H29N3O3S. The van der Waals surface area contributed by atoms with Gasteiger partial charge in [0.2, 0.25) is 5.91 Å². The summed E-state index contributed by atoms with van der Waals surface area (Å²) < 4.78 is 12.7. The van der Waals surface area contributed by atoms with Crippen molar-refractivity contribution in [1.82, 2.24) is 14.8 Å². The van der Waals surface area contributed by atoms with Gasteiger partial charge in [-0.3, -0.25) is 9.69 Å². The van der Waals surface area contributed by atoms with Crippen LogP contribution in [0, 0.1) is 0 Å². The fourth-order valence-electron chi connectivity index (χ4n) is 5.36. The number of hydrogen-bond acceptors (Lipinski definition) is 6. The van der Waals surface area contributed by atoms with E-state index < -0.39 is 0 Å². The highest BCUT2D eigenvalue weighted by atomic mass is 32.1. The van der Waals surface area contributed by atoms with Crippen molar-refractivity contribution < 1.29 is 14.3 Å². The number of amides is 1. The van der Waals surface area contributed by atoms with Crippen molar-refractivity contribution >= 4 is 27.5 Å². The zero-order chi connectivity index (χ0) is 22.2. The number of fused-ring (bicyclic) bond motifs is 2. The summed E-state index contributed by atoms with van der Waals surface area (Å²) >= 11 is 1.82. The fraction of sp³-hybridized carbons (Fsp3) is 0.462. The highest BCUT2D eigenvalue weighted by molar-refractivity contribution is 7.18. The minimum atomic E-state index is 0.133. The standard InChI is InChI=1S/C26H29N3O3S/c30-25(29-11-3-5-21(29)19-7-8-22-23(16-19)32-15-14-31-22)17-28-12-9-18(10-13-28)26-27-20-4-1-2-6-24(20)33-26/h1-2,4,6-8,16,18,21H,3,5,9-15,17H2/t21-/m1/s1. The van der Waals surface area contributed by atoms with E-state index in [2.05, 4.69) is 46.2 Å². The molecule has 2 saturated heterocycles. The SMILES string of the molecule is O=C(CN1CCC(c2nc3ccccc3s2)CC1)N1CCC[C@@H]1c1ccc2c(c1)OCCO2. The molecule has 0 unspecified atom stereocenters. The number of ether oxygens (including phenoxy) is 2. The molecule has 6 rings (SSSR count). The Bertz CT molecular complexity index is 1120. The van der Waals surface area contributed by atoms with Gasteiger partial charge in [-0.1, -0.05) is 18.2 Å². The topological polar surface area (TPSA) is 54.9 Å². The molecule has 0 N–H and O–H groups in total. The summed E-state index contributed by atoms with van der Waals surface area (Å²) in [6, 6.07) is 14.6. The van der Waals surface area contributed by atoms with E-state index in [9.17, 15) is 4.79 Å². The largest absolute Gasteiger partial charge is 0.486 e. The Kier molecular flexibility index (Phi) is 5.68. The van der Waals surface area contributed by atoms with Gasteiger partial charge in [-0.25, -0.2) is 4.98 Å². The van der Waals surface area contributed by atoms with Gasteiger partial charge in [0.25, 0.3) is 0 Å². The summed E-state index contributed by atoms with van der Waals surface area (Å²) in [5, 5.41) is 1.25. The van der Waals surface area contributed by atoms with Crippen LogP contribution in [-0.2, 0) is 4.79 Å². The average Bonchev–Trinajstić information content (AvgIpc) is 3.52. The first-order chi connectivity index (χ1) is 16.2. The molecule has 172 valence electrons. The molecule has 0 aliphatic carbocycles. The Hall–Kier alpha value is -2.64. The lowest BCUT2D eigenvalue weighted by Gasteiger charge is -2.33. The van der Waals surface area contributed by atoms with Crippen LogP contribution < -0.4 is 9.47 Å². The number of thiazole rings is 1. The second-order valence-corrected chi connectivity index (χ2v) is 10.3. The third kappa shape index (κ3) is 4.20. The number of aromatic nitrogens is 1. The molecule has 6 nitrogen and oxygen atoms in total. The van der Waals surface area contributed by atoms with Crippen LogP contribution >= 0.6 is 11.3 Å². The van der Waals surface area contributed by atoms with Gasteiger partial charge < -0.3 is 14.4 Å². The van der Waals surface area contributed by atoms with Crippen LogP contribution in [0.25, 0.3) is 10.2 Å². The van der Waals surface area contributed by atoms with Crippen molar-refractivity contribution in [2.45, 2.75) is 37.6 Å². The minimum Gasteiger partial charge on any atom is -0.486 e. The molecule has 0 saturated carbocycles. The summed E-state index contributed by atoms with van der Waals surface area (Å²) in [5.41, 5.74) is 2.26. The molecule has 4 heterocycles. The molecule has 3 aliphatic rings. The molecule has 3 aromatic rings. The Morgan fingerprint density at radius 2 is 1.82 bits per heavy atom. The van der Waals surface area contributed by atoms with E-state index >= 15 is 0 Å². The van der Waals surface area contributed by atoms with Crippen molar-refractivity contribution in [3.63, 3.8) is 0 Å². The molecule has 3 aliphatic heterocycles. The van der Waals surface area contributed by atoms with E-state index in [1.807, 2.05) is 17.4 Å². The highest BCUT2D eigenvalue weighted by Gasteiger charge is 2.32. The van der Waals surface area contributed by atoms with Crippen LogP contribution in [-0.4, -0.2) is 60.1 Å². The summed E-state index contributed by atoms with van der Waals surface area (Å²) in [7, 11) is 0. The van der Waals surface area contributed by atoms with Crippen LogP contribution in [0.4, 0.5) is 0 Å². The number of para-hydroxylation sites is 1. The second kappa shape index (κ2) is 8.95. The van der Waals surface area contributed by atoms with Crippen LogP contribution in [0.3, 0.4) is 0 Å². The van der Waals surface area contributed by atoms with Gasteiger partial charge >= 0.3 is 0 Å². The van der Waals surface area contributed by atoms with Gasteiger partial charge in [-0.05, 0) is 68.6 Å². The maximum Gasteiger partial charge on any atom is 0.237 e. The van der Waals surface area contributed by atoms with E-state index in [1.165, 1.54) is 9.71 Å². The van der Waals surface area contributed by atoms with Crippen LogP contribution in [0.15, 0.2) is 42.5 Å². The van der Waals surface area contributed by atoms with E-state index in [0.29, 0.717) is 25.7 Å². The molecule has 1 aromatic heterocycles. The number of hydrogen-bond donors (Lipinski definition) is 0. The Balaban J connectivity index is 1.08. The maximum atomic E-state index is 13.3. The summed E-state index contributed by atoms with van der Waals surface area (Å²) in [5.74, 6) is 2.35. The van der Waals surface area contributed by atoms with Crippen LogP contribution in [0.1, 0.15) is 48.2 Å². The molecular weight excluding hydrogens is 434 g/mol. The minimum absolute atomic E-state index is 0.133. The molecule has 0 spiro atoms. The van der Waals surface area contributed by atoms with Crippen LogP contribution in [0.2, 0.25) is 0 Å². The van der Waals surface area contributed by atoms with Crippen molar-refractivity contribution in [2.24, 2.45) is 0 Å². The molecule has 2 aromatic carbocycles. The van der Waals surface area contributed by atoms with Crippen molar-refractivity contribution in [2.75, 3.05) is 39.4 Å². The Labute approximate surface area is 198 Å². The number of rotatable bonds is 4. The number of nitrogens with zero attached hydrogens (tertiary/aromatic N) is 3. The van der Waals surface area contributed by atoms with Crippen molar-refractivity contribution in [3.05, 3.63) is 53.0 Å². The number of piperidine rings is 1. The van der Waals surface area contributed by atoms with E-state index in [4.69, 9.17) is 14.5 Å². The van der Waals surface area contributed by atoms with Crippen molar-refractivity contribution in [1.29, 1.82) is 0 Å². The van der Waals surface area contributed by atoms with Crippen molar-refractivity contribution in [3.8, 4) is 11.5 Å². The first-order valence-corrected chi connectivity index (χ1v) is 12.8. The number of benzene rings is 2. The number of carbonyl (C=O) groups excluding carboxylic acids is 1. The predicted octanol–water partition coefficient (Wildman–Crippen LogP) is 4.61. The van der Waals surface area contributed by atoms with Gasteiger partial charge in [-0.15, -0.1) is 11.3 Å². The summed E-state index contributed by atoms with van der Waals surface area (Å²) in [6.45, 7) is 4.42. The zero-order valence-corrected chi connectivity index (χ0v) is 19.6. The molecule has 0 bridgehead atoms. The number of carbonyl (C=O) groups is 1. The Morgan fingerprint density at radius 1 is 1.00 bits per heavy atom. The maximum absolute atomic E-state index is 13.3. The van der Waals surface area contributed by atoms with Gasteiger partial charge in [0.15, 0.2) is 11.5 Å². The average molecular weight is 464 g/mol. The molecule has 0 radical (unpaired) electrons. The molecule has 33 heavy (non-hydrogen) atoms. The monoisotopic (exact) mass is 463 g/mol.